The van der Waals surface area contributed by atoms with Crippen LogP contribution in [-0.2, 0) is 0 Å². The zero-order valence-electron chi connectivity index (χ0n) is 12.9. The standard InChI is InChI=1S/C16H32N2O/c1-17(2)11-5-6-14-9-12-18(13-10-14)15-7-3-4-8-16(15)19/h14-16,19H,3-13H2,1-2H3. The normalized spacial score (nSPS) is 30.9. The molecule has 2 atom stereocenters. The molecule has 1 N–H and O–H groups in total. The Kier molecular flexibility index (Phi) is 6.11. The Bertz CT molecular complexity index is 249. The van der Waals surface area contributed by atoms with E-state index in [0.29, 0.717) is 6.04 Å². The predicted octanol–water partition coefficient (Wildman–Crippen LogP) is 2.34. The molecular weight excluding hydrogens is 236 g/mol. The first-order valence-corrected chi connectivity index (χ1v) is 8.23. The van der Waals surface area contributed by atoms with Crippen molar-refractivity contribution >= 4 is 0 Å². The van der Waals surface area contributed by atoms with E-state index in [4.69, 9.17) is 0 Å². The second kappa shape index (κ2) is 7.61. The first-order valence-electron chi connectivity index (χ1n) is 8.23. The smallest absolute Gasteiger partial charge is 0.0695 e. The highest BCUT2D eigenvalue weighted by Crippen LogP contribution is 2.29. The number of likely N-dealkylation sites (tertiary alicyclic amines) is 1. The second-order valence-electron chi connectivity index (χ2n) is 6.84. The molecule has 0 spiro atoms. The van der Waals surface area contributed by atoms with Gasteiger partial charge in [-0.15, -0.1) is 0 Å². The molecule has 112 valence electrons. The van der Waals surface area contributed by atoms with E-state index in [0.717, 1.165) is 12.3 Å². The molecule has 0 aromatic carbocycles. The largest absolute Gasteiger partial charge is 0.391 e. The van der Waals surface area contributed by atoms with Gasteiger partial charge in [-0.05, 0) is 78.2 Å². The fourth-order valence-electron chi connectivity index (χ4n) is 3.79. The lowest BCUT2D eigenvalue weighted by Gasteiger charge is -2.41. The monoisotopic (exact) mass is 268 g/mol. The van der Waals surface area contributed by atoms with E-state index in [9.17, 15) is 5.11 Å². The van der Waals surface area contributed by atoms with Crippen LogP contribution in [0.2, 0.25) is 0 Å². The van der Waals surface area contributed by atoms with Gasteiger partial charge in [-0.25, -0.2) is 0 Å². The lowest BCUT2D eigenvalue weighted by Crippen LogP contribution is -2.48. The summed E-state index contributed by atoms with van der Waals surface area (Å²) < 4.78 is 0. The quantitative estimate of drug-likeness (QED) is 0.829. The van der Waals surface area contributed by atoms with Gasteiger partial charge in [-0.2, -0.15) is 0 Å². The van der Waals surface area contributed by atoms with Gasteiger partial charge in [0.15, 0.2) is 0 Å². The molecule has 1 saturated carbocycles. The molecule has 1 aliphatic heterocycles. The van der Waals surface area contributed by atoms with Crippen molar-refractivity contribution in [3.63, 3.8) is 0 Å². The van der Waals surface area contributed by atoms with Gasteiger partial charge in [0.25, 0.3) is 0 Å². The van der Waals surface area contributed by atoms with Gasteiger partial charge in [-0.3, -0.25) is 4.90 Å². The van der Waals surface area contributed by atoms with Crippen molar-refractivity contribution in [3.05, 3.63) is 0 Å². The van der Waals surface area contributed by atoms with Crippen molar-refractivity contribution in [2.24, 2.45) is 5.92 Å². The molecule has 2 fully saturated rings. The zero-order valence-corrected chi connectivity index (χ0v) is 12.9. The maximum absolute atomic E-state index is 10.1. The van der Waals surface area contributed by atoms with Crippen LogP contribution in [0, 0.1) is 5.92 Å². The Hall–Kier alpha value is -0.120. The average Bonchev–Trinajstić information content (AvgIpc) is 2.40. The van der Waals surface area contributed by atoms with Crippen LogP contribution in [0.1, 0.15) is 51.4 Å². The summed E-state index contributed by atoms with van der Waals surface area (Å²) in [5.74, 6) is 0.928. The van der Waals surface area contributed by atoms with Crippen molar-refractivity contribution in [2.75, 3.05) is 33.7 Å². The van der Waals surface area contributed by atoms with Crippen LogP contribution in [0.15, 0.2) is 0 Å². The molecule has 0 bridgehead atoms. The Labute approximate surface area is 119 Å². The Morgan fingerprint density at radius 3 is 2.37 bits per heavy atom. The minimum Gasteiger partial charge on any atom is -0.391 e. The van der Waals surface area contributed by atoms with Crippen LogP contribution in [0.4, 0.5) is 0 Å². The Morgan fingerprint density at radius 1 is 1.05 bits per heavy atom. The molecule has 2 aliphatic rings. The zero-order chi connectivity index (χ0) is 13.7. The summed E-state index contributed by atoms with van der Waals surface area (Å²) in [7, 11) is 4.32. The highest BCUT2D eigenvalue weighted by atomic mass is 16.3. The number of hydrogen-bond acceptors (Lipinski definition) is 3. The fraction of sp³-hybridized carbons (Fsp3) is 1.00. The van der Waals surface area contributed by atoms with Gasteiger partial charge in [0.1, 0.15) is 0 Å². The van der Waals surface area contributed by atoms with Crippen molar-refractivity contribution in [1.82, 2.24) is 9.80 Å². The van der Waals surface area contributed by atoms with E-state index in [-0.39, 0.29) is 6.10 Å². The van der Waals surface area contributed by atoms with E-state index in [1.807, 2.05) is 0 Å². The maximum Gasteiger partial charge on any atom is 0.0695 e. The molecule has 1 aliphatic carbocycles. The van der Waals surface area contributed by atoms with Crippen LogP contribution >= 0.6 is 0 Å². The highest BCUT2D eigenvalue weighted by Gasteiger charge is 2.31. The molecule has 2 rings (SSSR count). The third-order valence-corrected chi connectivity index (χ3v) is 5.03. The lowest BCUT2D eigenvalue weighted by molar-refractivity contribution is 0.00321. The summed E-state index contributed by atoms with van der Waals surface area (Å²) in [5.41, 5.74) is 0. The van der Waals surface area contributed by atoms with Gasteiger partial charge >= 0.3 is 0 Å². The fourth-order valence-corrected chi connectivity index (χ4v) is 3.79. The minimum atomic E-state index is -0.0564. The first kappa shape index (κ1) is 15.3. The van der Waals surface area contributed by atoms with Crippen LogP contribution < -0.4 is 0 Å². The summed E-state index contributed by atoms with van der Waals surface area (Å²) in [5, 5.41) is 10.1. The number of rotatable bonds is 5. The van der Waals surface area contributed by atoms with E-state index >= 15 is 0 Å². The number of aliphatic hydroxyl groups excluding tert-OH is 1. The first-order chi connectivity index (χ1) is 9.16. The topological polar surface area (TPSA) is 26.7 Å². The van der Waals surface area contributed by atoms with E-state index in [1.165, 1.54) is 64.6 Å². The summed E-state index contributed by atoms with van der Waals surface area (Å²) in [6.07, 6.45) is 10.1. The molecule has 0 aromatic heterocycles. The lowest BCUT2D eigenvalue weighted by atomic mass is 9.87. The third-order valence-electron chi connectivity index (χ3n) is 5.03. The summed E-state index contributed by atoms with van der Waals surface area (Å²) in [6, 6.07) is 0.469. The third kappa shape index (κ3) is 4.73. The number of hydrogen-bond donors (Lipinski definition) is 1. The van der Waals surface area contributed by atoms with Gasteiger partial charge in [0.2, 0.25) is 0 Å². The van der Waals surface area contributed by atoms with Gasteiger partial charge in [-0.1, -0.05) is 12.8 Å². The summed E-state index contributed by atoms with van der Waals surface area (Å²) in [6.45, 7) is 3.66. The second-order valence-corrected chi connectivity index (χ2v) is 6.84. The SMILES string of the molecule is CN(C)CCCC1CCN(C2CCCCC2O)CC1. The van der Waals surface area contributed by atoms with Crippen molar-refractivity contribution in [1.29, 1.82) is 0 Å². The number of aliphatic hydroxyl groups is 1. The molecule has 1 saturated heterocycles. The molecule has 2 unspecified atom stereocenters. The summed E-state index contributed by atoms with van der Waals surface area (Å²) >= 11 is 0. The molecule has 19 heavy (non-hydrogen) atoms. The van der Waals surface area contributed by atoms with Crippen molar-refractivity contribution in [3.8, 4) is 0 Å². The van der Waals surface area contributed by atoms with Crippen LogP contribution in [0.5, 0.6) is 0 Å². The van der Waals surface area contributed by atoms with E-state index < -0.39 is 0 Å². The predicted molar refractivity (Wildman–Crippen MR) is 80.3 cm³/mol. The van der Waals surface area contributed by atoms with Crippen molar-refractivity contribution in [2.45, 2.75) is 63.5 Å². The van der Waals surface area contributed by atoms with Crippen LogP contribution in [-0.4, -0.2) is 60.8 Å². The van der Waals surface area contributed by atoms with Crippen LogP contribution in [0.25, 0.3) is 0 Å². The average molecular weight is 268 g/mol. The van der Waals surface area contributed by atoms with Crippen molar-refractivity contribution < 1.29 is 5.11 Å². The molecule has 1 heterocycles. The molecule has 0 amide bonds. The Morgan fingerprint density at radius 2 is 1.74 bits per heavy atom. The molecule has 3 nitrogen and oxygen atoms in total. The molecule has 3 heteroatoms. The highest BCUT2D eigenvalue weighted by molar-refractivity contribution is 4.86. The number of nitrogens with zero attached hydrogens (tertiary/aromatic N) is 2. The van der Waals surface area contributed by atoms with Gasteiger partial charge < -0.3 is 10.0 Å². The van der Waals surface area contributed by atoms with E-state index in [2.05, 4.69) is 23.9 Å². The molecular formula is C16H32N2O. The summed E-state index contributed by atoms with van der Waals surface area (Å²) in [4.78, 5) is 4.86. The Balaban J connectivity index is 1.67. The van der Waals surface area contributed by atoms with E-state index in [1.54, 1.807) is 0 Å². The van der Waals surface area contributed by atoms with Gasteiger partial charge in [0.05, 0.1) is 6.10 Å². The minimum absolute atomic E-state index is 0.0564. The molecule has 0 radical (unpaired) electrons. The molecule has 0 aromatic rings. The van der Waals surface area contributed by atoms with Crippen LogP contribution in [0.3, 0.4) is 0 Å². The van der Waals surface area contributed by atoms with Gasteiger partial charge in [0, 0.05) is 6.04 Å². The maximum atomic E-state index is 10.1. The number of piperidine rings is 1.